The molecular formula is C19H15ClN2O3. The average molecular weight is 355 g/mol. The molecule has 5 nitrogen and oxygen atoms in total. The summed E-state index contributed by atoms with van der Waals surface area (Å²) in [6, 6.07) is 14.2. The smallest absolute Gasteiger partial charge is 0.263 e. The summed E-state index contributed by atoms with van der Waals surface area (Å²) >= 11 is 6.00. The maximum absolute atomic E-state index is 12.4. The highest BCUT2D eigenvalue weighted by molar-refractivity contribution is 6.31. The van der Waals surface area contributed by atoms with Gasteiger partial charge in [-0.1, -0.05) is 29.3 Å². The van der Waals surface area contributed by atoms with Crippen molar-refractivity contribution in [1.82, 2.24) is 5.32 Å². The second kappa shape index (κ2) is 6.91. The fraction of sp³-hybridized carbons (Fsp3) is 0.105. The molecule has 1 N–H and O–H groups in total. The summed E-state index contributed by atoms with van der Waals surface area (Å²) in [7, 11) is 0. The maximum atomic E-state index is 12.4. The quantitative estimate of drug-likeness (QED) is 0.758. The van der Waals surface area contributed by atoms with Gasteiger partial charge in [0.2, 0.25) is 11.5 Å². The molecule has 25 heavy (non-hydrogen) atoms. The minimum Gasteiger partial charge on any atom is -0.438 e. The molecule has 2 amide bonds. The molecule has 0 aliphatic carbocycles. The highest BCUT2D eigenvalue weighted by Gasteiger charge is 2.14. The van der Waals surface area contributed by atoms with Crippen LogP contribution in [0.1, 0.15) is 22.8 Å². The third-order valence-corrected chi connectivity index (χ3v) is 3.74. The van der Waals surface area contributed by atoms with Crippen LogP contribution in [0.4, 0.5) is 5.69 Å². The lowest BCUT2D eigenvalue weighted by Gasteiger charge is -2.05. The minimum absolute atomic E-state index is 0.123. The number of benzene rings is 2. The standard InChI is InChI=1S/C19H15ClN2O3/c1-11-3-6-15(7-4-11)22-19-16(18(24)21-12(2)23)10-13-9-14(20)5-8-17(13)25-19/h3-10H,1-2H3,(H,21,23,24). The number of amides is 2. The number of hydrogen-bond donors (Lipinski definition) is 1. The normalized spacial score (nSPS) is 11.6. The molecule has 0 fully saturated rings. The van der Waals surface area contributed by atoms with Crippen LogP contribution in [-0.2, 0) is 4.79 Å². The van der Waals surface area contributed by atoms with E-state index in [9.17, 15) is 9.59 Å². The Hall–Kier alpha value is -2.92. The number of nitrogens with zero attached hydrogens (tertiary/aromatic N) is 1. The summed E-state index contributed by atoms with van der Waals surface area (Å²) in [5, 5.41) is 3.40. The van der Waals surface area contributed by atoms with Crippen LogP contribution in [0.5, 0.6) is 0 Å². The van der Waals surface area contributed by atoms with E-state index >= 15 is 0 Å². The van der Waals surface area contributed by atoms with Crippen molar-refractivity contribution < 1.29 is 14.0 Å². The third-order valence-electron chi connectivity index (χ3n) is 3.51. The molecule has 0 aliphatic rings. The van der Waals surface area contributed by atoms with E-state index in [-0.39, 0.29) is 11.1 Å². The Balaban J connectivity index is 2.23. The number of halogens is 1. The number of hydrogen-bond acceptors (Lipinski definition) is 4. The molecule has 0 bridgehead atoms. The lowest BCUT2D eigenvalue weighted by Crippen LogP contribution is -2.32. The second-order valence-electron chi connectivity index (χ2n) is 5.61. The van der Waals surface area contributed by atoms with Crippen molar-refractivity contribution in [2.75, 3.05) is 0 Å². The van der Waals surface area contributed by atoms with Crippen LogP contribution < -0.4 is 10.9 Å². The zero-order valence-corrected chi connectivity index (χ0v) is 14.4. The fourth-order valence-corrected chi connectivity index (χ4v) is 2.49. The van der Waals surface area contributed by atoms with Gasteiger partial charge in [-0.25, -0.2) is 4.99 Å². The number of nitrogens with one attached hydrogen (secondary N) is 1. The van der Waals surface area contributed by atoms with Crippen LogP contribution in [0.2, 0.25) is 5.02 Å². The van der Waals surface area contributed by atoms with Gasteiger partial charge in [0.25, 0.3) is 5.91 Å². The highest BCUT2D eigenvalue weighted by atomic mass is 35.5. The first-order valence-corrected chi connectivity index (χ1v) is 7.97. The SMILES string of the molecule is CC(=O)NC(=O)c1cc2cc(Cl)ccc2oc1=Nc1ccc(C)cc1. The summed E-state index contributed by atoms with van der Waals surface area (Å²) in [5.74, 6) is -1.04. The average Bonchev–Trinajstić information content (AvgIpc) is 2.56. The van der Waals surface area contributed by atoms with Crippen LogP contribution in [0, 0.1) is 6.92 Å². The van der Waals surface area contributed by atoms with Crippen molar-refractivity contribution in [1.29, 1.82) is 0 Å². The Morgan fingerprint density at radius 2 is 1.80 bits per heavy atom. The minimum atomic E-state index is -0.580. The predicted octanol–water partition coefficient (Wildman–Crippen LogP) is 3.90. The van der Waals surface area contributed by atoms with Gasteiger partial charge in [-0.15, -0.1) is 0 Å². The number of rotatable bonds is 2. The third kappa shape index (κ3) is 3.95. The number of imide groups is 1. The Kier molecular flexibility index (Phi) is 4.67. The molecule has 3 rings (SSSR count). The summed E-state index contributed by atoms with van der Waals surface area (Å²) in [4.78, 5) is 28.0. The monoisotopic (exact) mass is 354 g/mol. The Bertz CT molecular complexity index is 1040. The van der Waals surface area contributed by atoms with Gasteiger partial charge < -0.3 is 4.42 Å². The first kappa shape index (κ1) is 16.9. The van der Waals surface area contributed by atoms with E-state index < -0.39 is 11.8 Å². The van der Waals surface area contributed by atoms with Gasteiger partial charge in [0, 0.05) is 17.3 Å². The van der Waals surface area contributed by atoms with E-state index in [0.717, 1.165) is 5.56 Å². The summed E-state index contributed by atoms with van der Waals surface area (Å²) in [5.41, 5.74) is 2.55. The molecule has 1 aromatic heterocycles. The molecule has 0 unspecified atom stereocenters. The van der Waals surface area contributed by atoms with Crippen LogP contribution in [0.3, 0.4) is 0 Å². The molecule has 0 atom stereocenters. The van der Waals surface area contributed by atoms with E-state index in [1.54, 1.807) is 24.3 Å². The molecule has 0 aliphatic heterocycles. The summed E-state index contributed by atoms with van der Waals surface area (Å²) in [6.45, 7) is 3.24. The predicted molar refractivity (Wildman–Crippen MR) is 95.8 cm³/mol. The second-order valence-corrected chi connectivity index (χ2v) is 6.04. The van der Waals surface area contributed by atoms with E-state index in [0.29, 0.717) is 21.7 Å². The molecule has 0 saturated carbocycles. The van der Waals surface area contributed by atoms with E-state index in [1.165, 1.54) is 6.92 Å². The lowest BCUT2D eigenvalue weighted by atomic mass is 10.1. The Morgan fingerprint density at radius 1 is 1.08 bits per heavy atom. The van der Waals surface area contributed by atoms with Crippen molar-refractivity contribution in [3.05, 3.63) is 70.2 Å². The zero-order chi connectivity index (χ0) is 18.0. The number of carbonyl (C=O) groups is 2. The number of carbonyl (C=O) groups excluding carboxylic acids is 2. The summed E-state index contributed by atoms with van der Waals surface area (Å²) < 4.78 is 5.79. The van der Waals surface area contributed by atoms with Gasteiger partial charge in [0.05, 0.1) is 5.69 Å². The van der Waals surface area contributed by atoms with E-state index in [1.807, 2.05) is 31.2 Å². The molecule has 3 aromatic rings. The summed E-state index contributed by atoms with van der Waals surface area (Å²) in [6.07, 6.45) is 0. The topological polar surface area (TPSA) is 71.7 Å². The van der Waals surface area contributed by atoms with E-state index in [4.69, 9.17) is 16.0 Å². The van der Waals surface area contributed by atoms with Crippen molar-refractivity contribution in [3.63, 3.8) is 0 Å². The van der Waals surface area contributed by atoms with Crippen LogP contribution in [-0.4, -0.2) is 11.8 Å². The van der Waals surface area contributed by atoms with Crippen molar-refractivity contribution >= 4 is 40.1 Å². The molecule has 1 heterocycles. The zero-order valence-electron chi connectivity index (χ0n) is 13.7. The number of aryl methyl sites for hydroxylation is 1. The van der Waals surface area contributed by atoms with Crippen LogP contribution >= 0.6 is 11.6 Å². The van der Waals surface area contributed by atoms with Gasteiger partial charge in [0.1, 0.15) is 11.1 Å². The fourth-order valence-electron chi connectivity index (χ4n) is 2.31. The van der Waals surface area contributed by atoms with Gasteiger partial charge in [-0.3, -0.25) is 14.9 Å². The first-order valence-electron chi connectivity index (χ1n) is 7.59. The van der Waals surface area contributed by atoms with Crippen molar-refractivity contribution in [2.24, 2.45) is 4.99 Å². The van der Waals surface area contributed by atoms with Gasteiger partial charge >= 0.3 is 0 Å². The van der Waals surface area contributed by atoms with Crippen LogP contribution in [0.15, 0.2) is 57.9 Å². The maximum Gasteiger partial charge on any atom is 0.263 e. The van der Waals surface area contributed by atoms with Crippen molar-refractivity contribution in [3.8, 4) is 0 Å². The molecule has 126 valence electrons. The largest absolute Gasteiger partial charge is 0.438 e. The number of fused-ring (bicyclic) bond motifs is 1. The highest BCUT2D eigenvalue weighted by Crippen LogP contribution is 2.20. The Morgan fingerprint density at radius 3 is 2.48 bits per heavy atom. The molecule has 0 radical (unpaired) electrons. The first-order chi connectivity index (χ1) is 11.9. The molecule has 0 spiro atoms. The lowest BCUT2D eigenvalue weighted by molar-refractivity contribution is -0.118. The van der Waals surface area contributed by atoms with Gasteiger partial charge in [0.15, 0.2) is 0 Å². The molecule has 0 saturated heterocycles. The van der Waals surface area contributed by atoms with Gasteiger partial charge in [-0.05, 0) is 43.3 Å². The van der Waals surface area contributed by atoms with E-state index in [2.05, 4.69) is 10.3 Å². The van der Waals surface area contributed by atoms with Crippen molar-refractivity contribution in [2.45, 2.75) is 13.8 Å². The molecule has 2 aromatic carbocycles. The van der Waals surface area contributed by atoms with Crippen LogP contribution in [0.25, 0.3) is 11.0 Å². The molecular weight excluding hydrogens is 340 g/mol. The van der Waals surface area contributed by atoms with Gasteiger partial charge in [-0.2, -0.15) is 0 Å². The molecule has 6 heteroatoms. The Labute approximate surface area is 149 Å².